The van der Waals surface area contributed by atoms with Gasteiger partial charge in [0.1, 0.15) is 5.83 Å². The van der Waals surface area contributed by atoms with Crippen LogP contribution in [0, 0.1) is 13.8 Å². The van der Waals surface area contributed by atoms with E-state index in [1.54, 1.807) is 13.0 Å². The van der Waals surface area contributed by atoms with Gasteiger partial charge in [0.15, 0.2) is 0 Å². The lowest BCUT2D eigenvalue weighted by molar-refractivity contribution is 0.662. The van der Waals surface area contributed by atoms with E-state index >= 15 is 0 Å². The molecule has 1 aliphatic carbocycles. The van der Waals surface area contributed by atoms with Crippen molar-refractivity contribution in [1.29, 1.82) is 0 Å². The number of nitrogen functional groups attached to an aromatic ring is 1. The first-order valence-corrected chi connectivity index (χ1v) is 9.69. The third kappa shape index (κ3) is 3.77. The molecular weight excluding hydrogens is 427 g/mol. The number of allylic oxidation sites excluding steroid dienone is 5. The Labute approximate surface area is 177 Å². The van der Waals surface area contributed by atoms with E-state index in [0.29, 0.717) is 33.8 Å². The number of nitrogens with two attached hydrogens (primary N) is 1. The van der Waals surface area contributed by atoms with Gasteiger partial charge in [0.25, 0.3) is 0 Å². The summed E-state index contributed by atoms with van der Waals surface area (Å²) >= 11 is 25.5. The van der Waals surface area contributed by atoms with Crippen LogP contribution in [0.25, 0.3) is 5.57 Å². The summed E-state index contributed by atoms with van der Waals surface area (Å²) in [5.74, 6) is -0.347. The van der Waals surface area contributed by atoms with Crippen molar-refractivity contribution in [3.05, 3.63) is 90.2 Å². The standard InChI is InChI=1S/C21H16Cl4FN/c1-10-6-7-15(27)14(8-10)17(12-4-3-5-13(26)9-12)16-11(2)18(22)20(24)21(25)19(16)23/h3,5-9H,4,27H2,1-2H3/b17-12-. The van der Waals surface area contributed by atoms with E-state index in [0.717, 1.165) is 16.7 Å². The van der Waals surface area contributed by atoms with E-state index in [1.165, 1.54) is 12.2 Å². The maximum atomic E-state index is 14.0. The number of hydrogen-bond acceptors (Lipinski definition) is 1. The van der Waals surface area contributed by atoms with Crippen LogP contribution < -0.4 is 5.73 Å². The number of halogens is 5. The number of anilines is 1. The highest BCUT2D eigenvalue weighted by molar-refractivity contribution is 6.52. The number of rotatable bonds is 2. The van der Waals surface area contributed by atoms with Gasteiger partial charge in [-0.25, -0.2) is 4.39 Å². The molecule has 0 fully saturated rings. The van der Waals surface area contributed by atoms with E-state index in [2.05, 4.69) is 0 Å². The van der Waals surface area contributed by atoms with Crippen molar-refractivity contribution in [1.82, 2.24) is 0 Å². The fourth-order valence-corrected chi connectivity index (χ4v) is 4.18. The maximum Gasteiger partial charge on any atom is 0.123 e. The Hall–Kier alpha value is -1.45. The molecule has 2 N–H and O–H groups in total. The van der Waals surface area contributed by atoms with Crippen LogP contribution in [0.1, 0.15) is 28.7 Å². The molecule has 0 aliphatic heterocycles. The number of benzene rings is 2. The van der Waals surface area contributed by atoms with E-state index in [1.807, 2.05) is 25.1 Å². The molecule has 3 rings (SSSR count). The summed E-state index contributed by atoms with van der Waals surface area (Å²) in [5.41, 5.74) is 11.2. The fourth-order valence-electron chi connectivity index (χ4n) is 3.14. The lowest BCUT2D eigenvalue weighted by Gasteiger charge is -2.22. The Bertz CT molecular complexity index is 1010. The van der Waals surface area contributed by atoms with Gasteiger partial charge in [-0.15, -0.1) is 0 Å². The van der Waals surface area contributed by atoms with Gasteiger partial charge >= 0.3 is 0 Å². The predicted molar refractivity (Wildman–Crippen MR) is 116 cm³/mol. The van der Waals surface area contributed by atoms with E-state index in [4.69, 9.17) is 52.1 Å². The highest BCUT2D eigenvalue weighted by Crippen LogP contribution is 2.47. The van der Waals surface area contributed by atoms with Gasteiger partial charge in [-0.2, -0.15) is 0 Å². The minimum Gasteiger partial charge on any atom is -0.398 e. The van der Waals surface area contributed by atoms with E-state index in [9.17, 15) is 4.39 Å². The Kier molecular flexibility index (Phi) is 5.93. The Morgan fingerprint density at radius 2 is 1.67 bits per heavy atom. The van der Waals surface area contributed by atoms with Crippen LogP contribution in [0.4, 0.5) is 10.1 Å². The lowest BCUT2D eigenvalue weighted by atomic mass is 9.86. The Morgan fingerprint density at radius 3 is 2.33 bits per heavy atom. The van der Waals surface area contributed by atoms with Crippen LogP contribution in [-0.4, -0.2) is 0 Å². The Morgan fingerprint density at radius 1 is 1.00 bits per heavy atom. The van der Waals surface area contributed by atoms with E-state index in [-0.39, 0.29) is 20.9 Å². The molecule has 27 heavy (non-hydrogen) atoms. The molecule has 2 aromatic carbocycles. The minimum absolute atomic E-state index is 0.157. The zero-order valence-electron chi connectivity index (χ0n) is 14.6. The molecule has 1 nitrogen and oxygen atoms in total. The number of hydrogen-bond donors (Lipinski definition) is 1. The van der Waals surface area contributed by atoms with Crippen LogP contribution in [0.5, 0.6) is 0 Å². The summed E-state index contributed by atoms with van der Waals surface area (Å²) in [7, 11) is 0. The van der Waals surface area contributed by atoms with Gasteiger partial charge in [-0.3, -0.25) is 0 Å². The van der Waals surface area contributed by atoms with E-state index < -0.39 is 0 Å². The summed E-state index contributed by atoms with van der Waals surface area (Å²) in [5, 5.41) is 0.914. The lowest BCUT2D eigenvalue weighted by Crippen LogP contribution is -2.03. The van der Waals surface area contributed by atoms with Crippen LogP contribution in [0.2, 0.25) is 20.1 Å². The van der Waals surface area contributed by atoms with Crippen molar-refractivity contribution in [2.75, 3.05) is 5.73 Å². The molecule has 0 aromatic heterocycles. The van der Waals surface area contributed by atoms with Gasteiger partial charge < -0.3 is 5.73 Å². The Balaban J connectivity index is 2.46. The molecule has 2 aromatic rings. The number of aryl methyl sites for hydroxylation is 1. The van der Waals surface area contributed by atoms with Crippen LogP contribution >= 0.6 is 46.4 Å². The van der Waals surface area contributed by atoms with Crippen molar-refractivity contribution in [3.63, 3.8) is 0 Å². The van der Waals surface area contributed by atoms with Gasteiger partial charge in [-0.05, 0) is 61.3 Å². The molecule has 0 spiro atoms. The van der Waals surface area contributed by atoms with Crippen molar-refractivity contribution in [2.45, 2.75) is 20.3 Å². The summed E-state index contributed by atoms with van der Waals surface area (Å²) < 4.78 is 14.0. The quantitative estimate of drug-likeness (QED) is 0.283. The first-order valence-electron chi connectivity index (χ1n) is 8.18. The largest absolute Gasteiger partial charge is 0.398 e. The molecule has 0 amide bonds. The molecule has 0 heterocycles. The molecule has 0 saturated carbocycles. The van der Waals surface area contributed by atoms with Crippen molar-refractivity contribution in [2.24, 2.45) is 0 Å². The molecule has 140 valence electrons. The molecule has 0 unspecified atom stereocenters. The van der Waals surface area contributed by atoms with Crippen LogP contribution in [0.3, 0.4) is 0 Å². The smallest absolute Gasteiger partial charge is 0.123 e. The van der Waals surface area contributed by atoms with Gasteiger partial charge in [0, 0.05) is 16.8 Å². The third-order valence-corrected chi connectivity index (χ3v) is 6.37. The molecule has 0 saturated heterocycles. The van der Waals surface area contributed by atoms with Crippen LogP contribution in [0.15, 0.2) is 47.8 Å². The normalized spacial score (nSPS) is 15.7. The molecule has 1 aliphatic rings. The van der Waals surface area contributed by atoms with Gasteiger partial charge in [0.05, 0.1) is 20.1 Å². The average Bonchev–Trinajstić information content (AvgIpc) is 2.64. The minimum atomic E-state index is -0.347. The maximum absolute atomic E-state index is 14.0. The zero-order chi connectivity index (χ0) is 19.9. The second-order valence-corrected chi connectivity index (χ2v) is 7.89. The van der Waals surface area contributed by atoms with Crippen LogP contribution in [-0.2, 0) is 0 Å². The average molecular weight is 443 g/mol. The van der Waals surface area contributed by atoms with Crippen molar-refractivity contribution < 1.29 is 4.39 Å². The summed E-state index contributed by atoms with van der Waals surface area (Å²) in [6.07, 6.45) is 5.17. The third-order valence-electron chi connectivity index (χ3n) is 4.48. The molecule has 0 radical (unpaired) electrons. The monoisotopic (exact) mass is 441 g/mol. The van der Waals surface area contributed by atoms with Crippen molar-refractivity contribution in [3.8, 4) is 0 Å². The second kappa shape index (κ2) is 7.89. The molecule has 0 bridgehead atoms. The first-order chi connectivity index (χ1) is 12.7. The topological polar surface area (TPSA) is 26.0 Å². The van der Waals surface area contributed by atoms with Gasteiger partial charge in [0.2, 0.25) is 0 Å². The SMILES string of the molecule is Cc1ccc(N)c(/C(=C2/C=C(F)C=CC2)c2c(C)c(Cl)c(Cl)c(Cl)c2Cl)c1. The summed E-state index contributed by atoms with van der Waals surface area (Å²) in [6, 6.07) is 5.66. The zero-order valence-corrected chi connectivity index (χ0v) is 17.7. The predicted octanol–water partition coefficient (Wildman–Crippen LogP) is 8.11. The second-order valence-electron chi connectivity index (χ2n) is 6.38. The summed E-state index contributed by atoms with van der Waals surface area (Å²) in [4.78, 5) is 0. The molecule has 0 atom stereocenters. The highest BCUT2D eigenvalue weighted by atomic mass is 35.5. The van der Waals surface area contributed by atoms with Gasteiger partial charge in [-0.1, -0.05) is 64.1 Å². The highest BCUT2D eigenvalue weighted by Gasteiger charge is 2.24. The molecule has 6 heteroatoms. The fraction of sp³-hybridized carbons (Fsp3) is 0.143. The summed E-state index contributed by atoms with van der Waals surface area (Å²) in [6.45, 7) is 3.76. The van der Waals surface area contributed by atoms with Crippen molar-refractivity contribution >= 4 is 57.7 Å². The molecular formula is C21H16Cl4FN. The first kappa shape index (κ1) is 20.3.